The highest BCUT2D eigenvalue weighted by molar-refractivity contribution is 6.34. The first-order valence-corrected chi connectivity index (χ1v) is 5.85. The van der Waals surface area contributed by atoms with E-state index in [0.29, 0.717) is 27.7 Å². The maximum Gasteiger partial charge on any atom is 0.103 e. The van der Waals surface area contributed by atoms with E-state index in [1.54, 1.807) is 22.9 Å². The van der Waals surface area contributed by atoms with Gasteiger partial charge < -0.3 is 0 Å². The maximum atomic E-state index is 8.97. The molecule has 0 fully saturated rings. The molecule has 17 heavy (non-hydrogen) atoms. The average Bonchev–Trinajstić information content (AvgIpc) is 2.74. The zero-order valence-corrected chi connectivity index (χ0v) is 10.6. The van der Waals surface area contributed by atoms with Gasteiger partial charge in [-0.2, -0.15) is 10.4 Å². The van der Waals surface area contributed by atoms with E-state index in [-0.39, 0.29) is 0 Å². The fourth-order valence-corrected chi connectivity index (χ4v) is 2.03. The van der Waals surface area contributed by atoms with Crippen LogP contribution in [-0.2, 0) is 6.42 Å². The lowest BCUT2D eigenvalue weighted by atomic mass is 10.2. The molecule has 0 aliphatic carbocycles. The molecule has 0 radical (unpaired) electrons. The number of aromatic nitrogens is 2. The van der Waals surface area contributed by atoms with Gasteiger partial charge in [0.1, 0.15) is 6.07 Å². The third-order valence-corrected chi connectivity index (χ3v) is 3.02. The molecule has 0 aliphatic heterocycles. The van der Waals surface area contributed by atoms with Crippen LogP contribution >= 0.6 is 23.2 Å². The van der Waals surface area contributed by atoms with Gasteiger partial charge in [-0.3, -0.25) is 0 Å². The van der Waals surface area contributed by atoms with Crippen molar-refractivity contribution in [3.05, 3.63) is 45.7 Å². The van der Waals surface area contributed by atoms with Crippen molar-refractivity contribution < 1.29 is 0 Å². The molecule has 0 atom stereocenters. The Balaban J connectivity index is 2.65. The minimum Gasteiger partial charge on any atom is -0.235 e. The Hall–Kier alpha value is -1.50. The van der Waals surface area contributed by atoms with Gasteiger partial charge >= 0.3 is 0 Å². The van der Waals surface area contributed by atoms with Crippen LogP contribution in [0.2, 0.25) is 10.0 Å². The van der Waals surface area contributed by atoms with E-state index >= 15 is 0 Å². The molecule has 0 aliphatic rings. The summed E-state index contributed by atoms with van der Waals surface area (Å²) in [6, 6.07) is 7.28. The van der Waals surface area contributed by atoms with E-state index < -0.39 is 0 Å². The topological polar surface area (TPSA) is 41.6 Å². The summed E-state index contributed by atoms with van der Waals surface area (Å²) in [6.45, 7) is 1.97. The second-order valence-electron chi connectivity index (χ2n) is 3.48. The third kappa shape index (κ3) is 2.14. The third-order valence-electron chi connectivity index (χ3n) is 2.46. The van der Waals surface area contributed by atoms with Crippen LogP contribution in [-0.4, -0.2) is 9.78 Å². The van der Waals surface area contributed by atoms with Crippen LogP contribution < -0.4 is 0 Å². The smallest absolute Gasteiger partial charge is 0.103 e. The number of nitrogens with zero attached hydrogens (tertiary/aromatic N) is 3. The molecular formula is C12H9Cl2N3. The first-order chi connectivity index (χ1) is 8.17. The molecule has 0 spiro atoms. The second-order valence-corrected chi connectivity index (χ2v) is 4.32. The molecule has 0 saturated carbocycles. The van der Waals surface area contributed by atoms with Gasteiger partial charge in [-0.15, -0.1) is 0 Å². The number of rotatable bonds is 2. The van der Waals surface area contributed by atoms with Gasteiger partial charge in [-0.05, 0) is 24.6 Å². The zero-order chi connectivity index (χ0) is 12.4. The van der Waals surface area contributed by atoms with Gasteiger partial charge in [0.05, 0.1) is 28.2 Å². The molecule has 86 valence electrons. The number of nitriles is 1. The van der Waals surface area contributed by atoms with E-state index in [1.165, 1.54) is 6.20 Å². The summed E-state index contributed by atoms with van der Waals surface area (Å²) in [5.41, 5.74) is 2.08. The number of benzene rings is 1. The highest BCUT2D eigenvalue weighted by Crippen LogP contribution is 2.26. The zero-order valence-electron chi connectivity index (χ0n) is 9.11. The van der Waals surface area contributed by atoms with Crippen LogP contribution in [0.4, 0.5) is 0 Å². The van der Waals surface area contributed by atoms with E-state index in [0.717, 1.165) is 5.69 Å². The van der Waals surface area contributed by atoms with Crippen LogP contribution in [0.1, 0.15) is 18.2 Å². The lowest BCUT2D eigenvalue weighted by Crippen LogP contribution is -2.02. The quantitative estimate of drug-likeness (QED) is 0.833. The van der Waals surface area contributed by atoms with Crippen LogP contribution in [0.25, 0.3) is 5.69 Å². The maximum absolute atomic E-state index is 8.97. The predicted octanol–water partition coefficient (Wildman–Crippen LogP) is 3.61. The average molecular weight is 266 g/mol. The summed E-state index contributed by atoms with van der Waals surface area (Å²) in [5.74, 6) is 0. The van der Waals surface area contributed by atoms with Crippen molar-refractivity contribution in [2.75, 3.05) is 0 Å². The first kappa shape index (κ1) is 12.0. The minimum atomic E-state index is 0.552. The summed E-state index contributed by atoms with van der Waals surface area (Å²) in [6.07, 6.45) is 2.24. The van der Waals surface area contributed by atoms with Crippen molar-refractivity contribution in [1.29, 1.82) is 5.26 Å². The number of hydrogen-bond acceptors (Lipinski definition) is 2. The lowest BCUT2D eigenvalue weighted by molar-refractivity contribution is 0.813. The van der Waals surface area contributed by atoms with Gasteiger partial charge in [0.25, 0.3) is 0 Å². The van der Waals surface area contributed by atoms with Crippen LogP contribution in [0.15, 0.2) is 24.4 Å². The minimum absolute atomic E-state index is 0.552. The molecule has 3 nitrogen and oxygen atoms in total. The fourth-order valence-electron chi connectivity index (χ4n) is 1.66. The Morgan fingerprint density at radius 1 is 1.41 bits per heavy atom. The van der Waals surface area contributed by atoms with Crippen molar-refractivity contribution in [2.24, 2.45) is 0 Å². The number of halogens is 2. The van der Waals surface area contributed by atoms with E-state index in [2.05, 4.69) is 11.2 Å². The van der Waals surface area contributed by atoms with Gasteiger partial charge in [-0.25, -0.2) is 4.68 Å². The van der Waals surface area contributed by atoms with Crippen molar-refractivity contribution in [2.45, 2.75) is 13.3 Å². The van der Waals surface area contributed by atoms with E-state index in [1.807, 2.05) is 6.92 Å². The summed E-state index contributed by atoms with van der Waals surface area (Å²) in [7, 11) is 0. The summed E-state index contributed by atoms with van der Waals surface area (Å²) in [4.78, 5) is 0. The highest BCUT2D eigenvalue weighted by atomic mass is 35.5. The Morgan fingerprint density at radius 2 is 2.18 bits per heavy atom. The molecule has 2 aromatic rings. The Morgan fingerprint density at radius 3 is 2.82 bits per heavy atom. The van der Waals surface area contributed by atoms with Gasteiger partial charge in [0, 0.05) is 5.02 Å². The Bertz CT molecular complexity index is 596. The van der Waals surface area contributed by atoms with Gasteiger partial charge in [-0.1, -0.05) is 30.1 Å². The van der Waals surface area contributed by atoms with Gasteiger partial charge in [0.15, 0.2) is 0 Å². The Kier molecular flexibility index (Phi) is 3.37. The van der Waals surface area contributed by atoms with Crippen molar-refractivity contribution >= 4 is 23.2 Å². The van der Waals surface area contributed by atoms with Crippen LogP contribution in [0, 0.1) is 11.3 Å². The molecule has 5 heteroatoms. The highest BCUT2D eigenvalue weighted by Gasteiger charge is 2.12. The van der Waals surface area contributed by atoms with Crippen molar-refractivity contribution in [3.8, 4) is 11.8 Å². The van der Waals surface area contributed by atoms with Gasteiger partial charge in [0.2, 0.25) is 0 Å². The summed E-state index contributed by atoms with van der Waals surface area (Å²) >= 11 is 12.0. The molecule has 0 unspecified atom stereocenters. The van der Waals surface area contributed by atoms with E-state index in [9.17, 15) is 0 Å². The molecule has 2 rings (SSSR count). The fraction of sp³-hybridized carbons (Fsp3) is 0.167. The van der Waals surface area contributed by atoms with Crippen molar-refractivity contribution in [3.63, 3.8) is 0 Å². The number of hydrogen-bond donors (Lipinski definition) is 0. The Labute approximate surface area is 109 Å². The standard InChI is InChI=1S/C12H9Cl2N3/c1-2-11-8(6-15)7-16-17(11)12-5-9(13)3-4-10(12)14/h3-5,7H,2H2,1H3. The molecular weight excluding hydrogens is 257 g/mol. The second kappa shape index (κ2) is 4.79. The molecule has 0 bridgehead atoms. The predicted molar refractivity (Wildman–Crippen MR) is 67.7 cm³/mol. The largest absolute Gasteiger partial charge is 0.235 e. The molecule has 0 N–H and O–H groups in total. The summed E-state index contributed by atoms with van der Waals surface area (Å²) in [5, 5.41) is 14.3. The lowest BCUT2D eigenvalue weighted by Gasteiger charge is -2.08. The summed E-state index contributed by atoms with van der Waals surface area (Å²) < 4.78 is 1.66. The first-order valence-electron chi connectivity index (χ1n) is 5.09. The monoisotopic (exact) mass is 265 g/mol. The normalized spacial score (nSPS) is 10.2. The molecule has 1 aromatic carbocycles. The SMILES string of the molecule is CCc1c(C#N)cnn1-c1cc(Cl)ccc1Cl. The van der Waals surface area contributed by atoms with E-state index in [4.69, 9.17) is 28.5 Å². The molecule has 0 saturated heterocycles. The molecule has 1 aromatic heterocycles. The van der Waals surface area contributed by atoms with Crippen LogP contribution in [0.3, 0.4) is 0 Å². The molecule has 0 amide bonds. The van der Waals surface area contributed by atoms with Crippen molar-refractivity contribution in [1.82, 2.24) is 9.78 Å². The molecule has 1 heterocycles. The van der Waals surface area contributed by atoms with Crippen LogP contribution in [0.5, 0.6) is 0 Å².